The summed E-state index contributed by atoms with van der Waals surface area (Å²) < 4.78 is 33.9. The monoisotopic (exact) mass is 283 g/mol. The van der Waals surface area contributed by atoms with Gasteiger partial charge in [0.05, 0.1) is 11.6 Å². The molecule has 1 fully saturated rings. The van der Waals surface area contributed by atoms with Gasteiger partial charge in [-0.05, 0) is 32.4 Å². The van der Waals surface area contributed by atoms with Crippen molar-refractivity contribution in [3.8, 4) is 0 Å². The van der Waals surface area contributed by atoms with Crippen molar-refractivity contribution in [3.63, 3.8) is 0 Å². The Morgan fingerprint density at radius 3 is 2.35 bits per heavy atom. The first-order valence-electron chi connectivity index (χ1n) is 7.22. The molecule has 0 aliphatic heterocycles. The molecule has 112 valence electrons. The van der Waals surface area contributed by atoms with Gasteiger partial charge in [0.1, 0.15) is 0 Å². The Morgan fingerprint density at radius 1 is 1.15 bits per heavy atom. The lowest BCUT2D eigenvalue weighted by Gasteiger charge is -2.42. The van der Waals surface area contributed by atoms with Crippen LogP contribution in [0.1, 0.15) is 49.3 Å². The molecule has 4 heteroatoms. The lowest BCUT2D eigenvalue weighted by atomic mass is 9.76. The van der Waals surface area contributed by atoms with Crippen molar-refractivity contribution < 1.29 is 13.5 Å². The number of halogens is 2. The molecule has 20 heavy (non-hydrogen) atoms. The zero-order chi connectivity index (χ0) is 14.8. The van der Waals surface area contributed by atoms with E-state index in [2.05, 4.69) is 5.32 Å². The molecule has 1 N–H and O–H groups in total. The molecule has 1 aromatic carbocycles. The Labute approximate surface area is 119 Å². The number of hydrogen-bond donors (Lipinski definition) is 1. The number of aryl methyl sites for hydroxylation is 1. The Hall–Kier alpha value is -1.00. The molecule has 1 saturated carbocycles. The minimum absolute atomic E-state index is 0.330. The van der Waals surface area contributed by atoms with Crippen LogP contribution in [-0.4, -0.2) is 19.8 Å². The van der Waals surface area contributed by atoms with E-state index >= 15 is 0 Å². The summed E-state index contributed by atoms with van der Waals surface area (Å²) >= 11 is 0. The van der Waals surface area contributed by atoms with E-state index in [1.165, 1.54) is 6.42 Å². The molecule has 0 radical (unpaired) electrons. The predicted octanol–water partition coefficient (Wildman–Crippen LogP) is 3.88. The van der Waals surface area contributed by atoms with E-state index in [1.807, 2.05) is 0 Å². The fourth-order valence-electron chi connectivity index (χ4n) is 3.35. The molecule has 1 atom stereocenters. The number of hydrogen-bond acceptors (Lipinski definition) is 2. The van der Waals surface area contributed by atoms with E-state index in [4.69, 9.17) is 4.74 Å². The zero-order valence-corrected chi connectivity index (χ0v) is 12.4. The summed E-state index contributed by atoms with van der Waals surface area (Å²) in [7, 11) is 3.44. The van der Waals surface area contributed by atoms with Crippen molar-refractivity contribution in [1.82, 2.24) is 5.32 Å². The number of nitrogens with one attached hydrogen (secondary N) is 1. The number of rotatable bonds is 4. The first-order valence-corrected chi connectivity index (χ1v) is 7.22. The molecule has 2 rings (SSSR count). The second-order valence-corrected chi connectivity index (χ2v) is 5.65. The molecule has 0 saturated heterocycles. The van der Waals surface area contributed by atoms with Gasteiger partial charge in [0.15, 0.2) is 11.6 Å². The molecule has 0 bridgehead atoms. The van der Waals surface area contributed by atoms with Gasteiger partial charge in [0.25, 0.3) is 0 Å². The van der Waals surface area contributed by atoms with E-state index in [0.29, 0.717) is 11.1 Å². The van der Waals surface area contributed by atoms with Crippen LogP contribution in [0.2, 0.25) is 0 Å². The van der Waals surface area contributed by atoms with Crippen LogP contribution in [-0.2, 0) is 4.74 Å². The molecule has 1 unspecified atom stereocenters. The van der Waals surface area contributed by atoms with Crippen molar-refractivity contribution in [2.45, 2.75) is 50.7 Å². The van der Waals surface area contributed by atoms with Crippen LogP contribution in [0.5, 0.6) is 0 Å². The van der Waals surface area contributed by atoms with Crippen molar-refractivity contribution in [2.24, 2.45) is 0 Å². The normalized spacial score (nSPS) is 19.9. The minimum Gasteiger partial charge on any atom is -0.376 e. The molecular weight excluding hydrogens is 260 g/mol. The lowest BCUT2D eigenvalue weighted by Crippen LogP contribution is -2.46. The van der Waals surface area contributed by atoms with Gasteiger partial charge >= 0.3 is 0 Å². The van der Waals surface area contributed by atoms with E-state index in [-0.39, 0.29) is 6.04 Å². The smallest absolute Gasteiger partial charge is 0.163 e. The molecular formula is C16H23F2NO. The second-order valence-electron chi connectivity index (χ2n) is 5.65. The Kier molecular flexibility index (Phi) is 4.76. The van der Waals surface area contributed by atoms with Gasteiger partial charge < -0.3 is 10.1 Å². The SMILES string of the molecule is CNC(c1ccc(C)c(F)c1F)C1(OC)CCCCC1. The highest BCUT2D eigenvalue weighted by Gasteiger charge is 2.41. The lowest BCUT2D eigenvalue weighted by molar-refractivity contribution is -0.0679. The molecule has 1 aliphatic rings. The van der Waals surface area contributed by atoms with Crippen LogP contribution in [0, 0.1) is 18.6 Å². The van der Waals surface area contributed by atoms with Gasteiger partial charge in [-0.2, -0.15) is 0 Å². The van der Waals surface area contributed by atoms with Crippen LogP contribution in [0.25, 0.3) is 0 Å². The van der Waals surface area contributed by atoms with Crippen LogP contribution >= 0.6 is 0 Å². The summed E-state index contributed by atoms with van der Waals surface area (Å²) in [6.45, 7) is 1.57. The van der Waals surface area contributed by atoms with Crippen LogP contribution in [0.3, 0.4) is 0 Å². The third-order valence-electron chi connectivity index (χ3n) is 4.54. The van der Waals surface area contributed by atoms with Crippen molar-refractivity contribution in [3.05, 3.63) is 34.9 Å². The molecule has 0 aromatic heterocycles. The summed E-state index contributed by atoms with van der Waals surface area (Å²) in [5, 5.41) is 3.14. The molecule has 1 aromatic rings. The van der Waals surface area contributed by atoms with Crippen molar-refractivity contribution >= 4 is 0 Å². The summed E-state index contributed by atoms with van der Waals surface area (Å²) in [6.07, 6.45) is 5.02. The van der Waals surface area contributed by atoms with Gasteiger partial charge in [0.2, 0.25) is 0 Å². The largest absolute Gasteiger partial charge is 0.376 e. The van der Waals surface area contributed by atoms with Gasteiger partial charge in [-0.15, -0.1) is 0 Å². The van der Waals surface area contributed by atoms with E-state index in [0.717, 1.165) is 25.7 Å². The van der Waals surface area contributed by atoms with E-state index in [9.17, 15) is 8.78 Å². The average molecular weight is 283 g/mol. The number of likely N-dealkylation sites (N-methyl/N-ethyl adjacent to an activating group) is 1. The summed E-state index contributed by atoms with van der Waals surface area (Å²) in [5.41, 5.74) is 0.241. The maximum Gasteiger partial charge on any atom is 0.163 e. The van der Waals surface area contributed by atoms with E-state index in [1.54, 1.807) is 33.2 Å². The Morgan fingerprint density at radius 2 is 1.80 bits per heavy atom. The van der Waals surface area contributed by atoms with Crippen LogP contribution in [0.4, 0.5) is 8.78 Å². The summed E-state index contributed by atoms with van der Waals surface area (Å²) in [6, 6.07) is 2.97. The predicted molar refractivity (Wildman–Crippen MR) is 75.7 cm³/mol. The second kappa shape index (κ2) is 6.19. The van der Waals surface area contributed by atoms with E-state index < -0.39 is 17.2 Å². The molecule has 0 heterocycles. The van der Waals surface area contributed by atoms with Crippen molar-refractivity contribution in [2.75, 3.05) is 14.2 Å². The highest BCUT2D eigenvalue weighted by molar-refractivity contribution is 5.30. The molecule has 0 amide bonds. The standard InChI is InChI=1S/C16H23F2NO/c1-11-7-8-12(14(18)13(11)17)15(19-2)16(20-3)9-5-4-6-10-16/h7-8,15,19H,4-6,9-10H2,1-3H3. The number of benzene rings is 1. The number of methoxy groups -OCH3 is 1. The highest BCUT2D eigenvalue weighted by atomic mass is 19.2. The first kappa shape index (κ1) is 15.4. The maximum absolute atomic E-state index is 14.3. The number of ether oxygens (including phenoxy) is 1. The average Bonchev–Trinajstić information content (AvgIpc) is 2.49. The molecule has 0 spiro atoms. The molecule has 2 nitrogen and oxygen atoms in total. The Bertz CT molecular complexity index is 470. The fraction of sp³-hybridized carbons (Fsp3) is 0.625. The molecule has 1 aliphatic carbocycles. The zero-order valence-electron chi connectivity index (χ0n) is 12.4. The van der Waals surface area contributed by atoms with Crippen molar-refractivity contribution in [1.29, 1.82) is 0 Å². The maximum atomic E-state index is 14.3. The van der Waals surface area contributed by atoms with Crippen LogP contribution in [0.15, 0.2) is 12.1 Å². The Balaban J connectivity index is 2.43. The topological polar surface area (TPSA) is 21.3 Å². The van der Waals surface area contributed by atoms with Gasteiger partial charge in [-0.3, -0.25) is 0 Å². The summed E-state index contributed by atoms with van der Waals surface area (Å²) in [5.74, 6) is -1.52. The van der Waals surface area contributed by atoms with Gasteiger partial charge in [-0.25, -0.2) is 8.78 Å². The fourth-order valence-corrected chi connectivity index (χ4v) is 3.35. The van der Waals surface area contributed by atoms with Gasteiger partial charge in [0, 0.05) is 12.7 Å². The highest BCUT2D eigenvalue weighted by Crippen LogP contribution is 2.42. The third-order valence-corrected chi connectivity index (χ3v) is 4.54. The quantitative estimate of drug-likeness (QED) is 0.905. The summed E-state index contributed by atoms with van der Waals surface area (Å²) in [4.78, 5) is 0. The minimum atomic E-state index is -0.759. The third kappa shape index (κ3) is 2.59. The van der Waals surface area contributed by atoms with Gasteiger partial charge in [-0.1, -0.05) is 31.4 Å². The van der Waals surface area contributed by atoms with Crippen LogP contribution < -0.4 is 5.32 Å². The first-order chi connectivity index (χ1) is 9.55.